The third-order valence-corrected chi connectivity index (χ3v) is 5.21. The van der Waals surface area contributed by atoms with Gasteiger partial charge in [0, 0.05) is 29.4 Å². The van der Waals surface area contributed by atoms with E-state index in [9.17, 15) is 4.79 Å². The fourth-order valence-corrected chi connectivity index (χ4v) is 3.65. The first kappa shape index (κ1) is 18.5. The maximum absolute atomic E-state index is 12.5. The van der Waals surface area contributed by atoms with Crippen LogP contribution in [0, 0.1) is 6.92 Å². The molecule has 1 aliphatic rings. The number of H-pyrrole nitrogens is 1. The third-order valence-electron chi connectivity index (χ3n) is 5.21. The van der Waals surface area contributed by atoms with Crippen molar-refractivity contribution in [2.24, 2.45) is 0 Å². The first-order chi connectivity index (χ1) is 12.6. The number of likely N-dealkylation sites (tertiary alicyclic amines) is 1. The lowest BCUT2D eigenvalue weighted by Gasteiger charge is -2.22. The van der Waals surface area contributed by atoms with Crippen molar-refractivity contribution in [2.45, 2.75) is 39.2 Å². The molecule has 3 rings (SSSR count). The minimum atomic E-state index is 0.0483. The predicted octanol–water partition coefficient (Wildman–Crippen LogP) is 2.54. The minimum absolute atomic E-state index is 0.0483. The third kappa shape index (κ3) is 4.07. The average Bonchev–Trinajstić information content (AvgIpc) is 3.27. The monoisotopic (exact) mass is 356 g/mol. The van der Waals surface area contributed by atoms with Gasteiger partial charge in [0.15, 0.2) is 0 Å². The number of carbonyl (C=O) groups excluding carboxylic acids is 1. The summed E-state index contributed by atoms with van der Waals surface area (Å²) in [5, 5.41) is 10.5. The number of rotatable bonds is 7. The maximum Gasteiger partial charge on any atom is 0.224 e. The molecule has 1 atom stereocenters. The van der Waals surface area contributed by atoms with E-state index in [-0.39, 0.29) is 5.91 Å². The van der Waals surface area contributed by atoms with Crippen LogP contribution in [-0.2, 0) is 11.2 Å². The predicted molar refractivity (Wildman–Crippen MR) is 102 cm³/mol. The molecule has 140 valence electrons. The summed E-state index contributed by atoms with van der Waals surface area (Å²) in [5.74, 6) is 0.851. The Morgan fingerprint density at radius 2 is 2.15 bits per heavy atom. The number of nitrogens with one attached hydrogen (secondary N) is 2. The first-order valence-electron chi connectivity index (χ1n) is 9.31. The van der Waals surface area contributed by atoms with Crippen molar-refractivity contribution >= 4 is 5.91 Å². The Morgan fingerprint density at radius 1 is 1.38 bits per heavy atom. The summed E-state index contributed by atoms with van der Waals surface area (Å²) in [4.78, 5) is 14.9. The number of benzene rings is 1. The van der Waals surface area contributed by atoms with Gasteiger partial charge in [0.1, 0.15) is 5.75 Å². The number of hydrogen-bond acceptors (Lipinski definition) is 4. The van der Waals surface area contributed by atoms with Gasteiger partial charge in [-0.15, -0.1) is 0 Å². The average molecular weight is 356 g/mol. The highest BCUT2D eigenvalue weighted by atomic mass is 16.5. The SMILES string of the molecule is CCN1CCC[C@@H]1CNC(=O)Cc1c(-c2ccc(OC)cc2)n[nH]c1C. The maximum atomic E-state index is 12.5. The van der Waals surface area contributed by atoms with Crippen molar-refractivity contribution in [3.8, 4) is 17.0 Å². The summed E-state index contributed by atoms with van der Waals surface area (Å²) < 4.78 is 5.21. The number of amides is 1. The van der Waals surface area contributed by atoms with Crippen molar-refractivity contribution in [1.29, 1.82) is 0 Å². The van der Waals surface area contributed by atoms with Gasteiger partial charge in [-0.1, -0.05) is 6.92 Å². The van der Waals surface area contributed by atoms with E-state index in [4.69, 9.17) is 4.74 Å². The Bertz CT molecular complexity index is 739. The largest absolute Gasteiger partial charge is 0.497 e. The summed E-state index contributed by atoms with van der Waals surface area (Å²) >= 11 is 0. The van der Waals surface area contributed by atoms with Crippen molar-refractivity contribution in [3.63, 3.8) is 0 Å². The molecule has 1 amide bonds. The van der Waals surface area contributed by atoms with Crippen LogP contribution in [0.3, 0.4) is 0 Å². The molecule has 1 aromatic carbocycles. The lowest BCUT2D eigenvalue weighted by atomic mass is 10.0. The molecule has 2 aromatic rings. The second-order valence-corrected chi connectivity index (χ2v) is 6.81. The molecule has 1 aliphatic heterocycles. The molecule has 6 nitrogen and oxygen atoms in total. The Labute approximate surface area is 154 Å². The number of hydrogen-bond donors (Lipinski definition) is 2. The first-order valence-corrected chi connectivity index (χ1v) is 9.31. The molecule has 0 bridgehead atoms. The zero-order valence-electron chi connectivity index (χ0n) is 15.8. The van der Waals surface area contributed by atoms with Crippen molar-refractivity contribution in [2.75, 3.05) is 26.7 Å². The summed E-state index contributed by atoms with van der Waals surface area (Å²) in [6.07, 6.45) is 2.72. The second-order valence-electron chi connectivity index (χ2n) is 6.81. The molecule has 26 heavy (non-hydrogen) atoms. The molecule has 1 fully saturated rings. The van der Waals surface area contributed by atoms with E-state index in [1.807, 2.05) is 31.2 Å². The van der Waals surface area contributed by atoms with E-state index in [1.165, 1.54) is 6.42 Å². The number of carbonyl (C=O) groups is 1. The highest BCUT2D eigenvalue weighted by molar-refractivity contribution is 5.81. The van der Waals surface area contributed by atoms with E-state index in [0.717, 1.165) is 54.3 Å². The van der Waals surface area contributed by atoms with E-state index in [2.05, 4.69) is 27.3 Å². The van der Waals surface area contributed by atoms with E-state index < -0.39 is 0 Å². The Morgan fingerprint density at radius 3 is 2.85 bits per heavy atom. The van der Waals surface area contributed by atoms with E-state index in [0.29, 0.717) is 12.5 Å². The number of ether oxygens (including phenoxy) is 1. The number of methoxy groups -OCH3 is 1. The van der Waals surface area contributed by atoms with Gasteiger partial charge < -0.3 is 10.1 Å². The molecule has 0 saturated carbocycles. The quantitative estimate of drug-likeness (QED) is 0.800. The Balaban J connectivity index is 1.65. The molecule has 1 aromatic heterocycles. The molecule has 1 saturated heterocycles. The topological polar surface area (TPSA) is 70.2 Å². The number of aromatic nitrogens is 2. The number of likely N-dealkylation sites (N-methyl/N-ethyl adjacent to an activating group) is 1. The summed E-state index contributed by atoms with van der Waals surface area (Å²) in [5.41, 5.74) is 3.69. The number of nitrogens with zero attached hydrogens (tertiary/aromatic N) is 2. The van der Waals surface area contributed by atoms with Gasteiger partial charge in [-0.25, -0.2) is 0 Å². The van der Waals surface area contributed by atoms with Gasteiger partial charge in [0.2, 0.25) is 5.91 Å². The molecule has 2 heterocycles. The molecular weight excluding hydrogens is 328 g/mol. The molecule has 0 radical (unpaired) electrons. The van der Waals surface area contributed by atoms with Gasteiger partial charge in [0.25, 0.3) is 0 Å². The van der Waals surface area contributed by atoms with E-state index in [1.54, 1.807) is 7.11 Å². The minimum Gasteiger partial charge on any atom is -0.497 e. The molecule has 0 spiro atoms. The van der Waals surface area contributed by atoms with Crippen LogP contribution in [0.1, 0.15) is 31.0 Å². The summed E-state index contributed by atoms with van der Waals surface area (Å²) in [6.45, 7) is 7.04. The van der Waals surface area contributed by atoms with Crippen LogP contribution in [0.25, 0.3) is 11.3 Å². The Kier molecular flexibility index (Phi) is 5.93. The number of aryl methyl sites for hydroxylation is 1. The normalized spacial score (nSPS) is 17.4. The summed E-state index contributed by atoms with van der Waals surface area (Å²) in [7, 11) is 1.65. The second kappa shape index (κ2) is 8.36. The van der Waals surface area contributed by atoms with Crippen LogP contribution in [-0.4, -0.2) is 53.8 Å². The Hall–Kier alpha value is -2.34. The fourth-order valence-electron chi connectivity index (χ4n) is 3.65. The highest BCUT2D eigenvalue weighted by Gasteiger charge is 2.23. The van der Waals surface area contributed by atoms with Crippen LogP contribution >= 0.6 is 0 Å². The lowest BCUT2D eigenvalue weighted by Crippen LogP contribution is -2.40. The highest BCUT2D eigenvalue weighted by Crippen LogP contribution is 2.26. The van der Waals surface area contributed by atoms with Crippen LogP contribution in [0.15, 0.2) is 24.3 Å². The zero-order valence-corrected chi connectivity index (χ0v) is 15.8. The smallest absolute Gasteiger partial charge is 0.224 e. The summed E-state index contributed by atoms with van der Waals surface area (Å²) in [6, 6.07) is 8.21. The van der Waals surface area contributed by atoms with Crippen LogP contribution in [0.4, 0.5) is 0 Å². The molecule has 0 aliphatic carbocycles. The van der Waals surface area contributed by atoms with Gasteiger partial charge in [-0.3, -0.25) is 14.8 Å². The van der Waals surface area contributed by atoms with Gasteiger partial charge in [-0.2, -0.15) is 5.10 Å². The van der Waals surface area contributed by atoms with Crippen molar-refractivity contribution in [1.82, 2.24) is 20.4 Å². The van der Waals surface area contributed by atoms with E-state index >= 15 is 0 Å². The molecule has 2 N–H and O–H groups in total. The molecular formula is C20H28N4O2. The fraction of sp³-hybridized carbons (Fsp3) is 0.500. The standard InChI is InChI=1S/C20H28N4O2/c1-4-24-11-5-6-16(24)13-21-19(25)12-18-14(2)22-23-20(18)15-7-9-17(26-3)10-8-15/h7-10,16H,4-6,11-13H2,1-3H3,(H,21,25)(H,22,23)/t16-/m1/s1. The molecule has 6 heteroatoms. The van der Waals surface area contributed by atoms with Crippen LogP contribution < -0.4 is 10.1 Å². The van der Waals surface area contributed by atoms with Crippen molar-refractivity contribution < 1.29 is 9.53 Å². The molecule has 0 unspecified atom stereocenters. The van der Waals surface area contributed by atoms with Gasteiger partial charge in [-0.05, 0) is 57.1 Å². The zero-order chi connectivity index (χ0) is 18.5. The van der Waals surface area contributed by atoms with Crippen LogP contribution in [0.2, 0.25) is 0 Å². The number of aromatic amines is 1. The lowest BCUT2D eigenvalue weighted by molar-refractivity contribution is -0.120. The van der Waals surface area contributed by atoms with Crippen molar-refractivity contribution in [3.05, 3.63) is 35.5 Å². The van der Waals surface area contributed by atoms with Gasteiger partial charge in [0.05, 0.1) is 19.2 Å². The van der Waals surface area contributed by atoms with Crippen LogP contribution in [0.5, 0.6) is 5.75 Å². The van der Waals surface area contributed by atoms with Gasteiger partial charge >= 0.3 is 0 Å².